The van der Waals surface area contributed by atoms with Crippen LogP contribution in [0.3, 0.4) is 0 Å². The normalized spacial score (nSPS) is 16.1. The molecule has 0 unspecified atom stereocenters. The van der Waals surface area contributed by atoms with Crippen LogP contribution in [-0.2, 0) is 4.74 Å². The Balaban J connectivity index is 1.32. The minimum atomic E-state index is 0.493. The summed E-state index contributed by atoms with van der Waals surface area (Å²) in [6, 6.07) is 18.2. The Bertz CT molecular complexity index is 1030. The highest BCUT2D eigenvalue weighted by atomic mass is 16.5. The highest BCUT2D eigenvalue weighted by Gasteiger charge is 2.13. The Kier molecular flexibility index (Phi) is 5.19. The lowest BCUT2D eigenvalue weighted by Crippen LogP contribution is -2.36. The second kappa shape index (κ2) is 8.44. The Hall–Kier alpha value is -3.56. The number of ether oxygens (including phenoxy) is 1. The van der Waals surface area contributed by atoms with E-state index in [0.29, 0.717) is 12.6 Å². The standard InChI is InChI=1S/C21H22N8O/c1-2-16(14-19(3-1)28-10-12-30-13-11-28)20-8-9-22-21(26-20)25-17-4-6-18(7-5-17)29-24-15-23-27-29/h1-9,14,24H,10-13,15H2,(H,22,25,26). The van der Waals surface area contributed by atoms with Crippen LogP contribution in [0.5, 0.6) is 0 Å². The van der Waals surface area contributed by atoms with E-state index < -0.39 is 0 Å². The third-order valence-electron chi connectivity index (χ3n) is 4.99. The Morgan fingerprint density at radius 1 is 0.967 bits per heavy atom. The first-order chi connectivity index (χ1) is 14.8. The molecule has 2 aliphatic heterocycles. The fourth-order valence-electron chi connectivity index (χ4n) is 3.45. The van der Waals surface area contributed by atoms with Gasteiger partial charge in [-0.05, 0) is 42.5 Å². The number of hydrogen-bond acceptors (Lipinski definition) is 9. The van der Waals surface area contributed by atoms with Crippen LogP contribution in [0, 0.1) is 0 Å². The molecule has 0 aliphatic carbocycles. The monoisotopic (exact) mass is 402 g/mol. The maximum atomic E-state index is 5.46. The van der Waals surface area contributed by atoms with Gasteiger partial charge in [-0.2, -0.15) is 15.7 Å². The second-order valence-corrected chi connectivity index (χ2v) is 6.95. The number of nitrogens with zero attached hydrogens (tertiary/aromatic N) is 6. The van der Waals surface area contributed by atoms with Crippen LogP contribution in [0.4, 0.5) is 23.0 Å². The summed E-state index contributed by atoms with van der Waals surface area (Å²) in [7, 11) is 0. The number of anilines is 4. The van der Waals surface area contributed by atoms with Crippen LogP contribution < -0.4 is 20.8 Å². The molecule has 9 heteroatoms. The second-order valence-electron chi connectivity index (χ2n) is 6.95. The van der Waals surface area contributed by atoms with Gasteiger partial charge >= 0.3 is 0 Å². The van der Waals surface area contributed by atoms with Crippen LogP contribution in [0.15, 0.2) is 71.1 Å². The van der Waals surface area contributed by atoms with Crippen molar-refractivity contribution in [2.24, 2.45) is 10.3 Å². The number of benzene rings is 2. The molecule has 1 aromatic heterocycles. The summed E-state index contributed by atoms with van der Waals surface area (Å²) in [5, 5.41) is 12.8. The molecule has 0 saturated carbocycles. The van der Waals surface area contributed by atoms with Gasteiger partial charge in [0.2, 0.25) is 5.95 Å². The number of morpholine rings is 1. The molecule has 0 bridgehead atoms. The van der Waals surface area contributed by atoms with Crippen LogP contribution in [-0.4, -0.2) is 42.9 Å². The Labute approximate surface area is 174 Å². The van der Waals surface area contributed by atoms with Gasteiger partial charge in [0, 0.05) is 36.2 Å². The molecule has 5 rings (SSSR count). The number of aromatic nitrogens is 2. The van der Waals surface area contributed by atoms with Crippen molar-refractivity contribution in [2.75, 3.05) is 48.3 Å². The molecule has 0 amide bonds. The van der Waals surface area contributed by atoms with Crippen molar-refractivity contribution in [1.82, 2.24) is 15.4 Å². The van der Waals surface area contributed by atoms with E-state index in [1.165, 1.54) is 5.69 Å². The molecule has 2 aromatic carbocycles. The summed E-state index contributed by atoms with van der Waals surface area (Å²) < 4.78 is 5.46. The topological polar surface area (TPSA) is 90.3 Å². The van der Waals surface area contributed by atoms with Gasteiger partial charge in [-0.15, -0.1) is 0 Å². The summed E-state index contributed by atoms with van der Waals surface area (Å²) in [6.45, 7) is 3.84. The van der Waals surface area contributed by atoms with Crippen molar-refractivity contribution in [2.45, 2.75) is 0 Å². The average Bonchev–Trinajstić information content (AvgIpc) is 3.36. The van der Waals surface area contributed by atoms with E-state index in [2.05, 4.69) is 55.2 Å². The van der Waals surface area contributed by atoms with Crippen molar-refractivity contribution < 1.29 is 4.74 Å². The van der Waals surface area contributed by atoms with E-state index >= 15 is 0 Å². The van der Waals surface area contributed by atoms with Crippen molar-refractivity contribution in [3.63, 3.8) is 0 Å². The zero-order valence-corrected chi connectivity index (χ0v) is 16.4. The van der Waals surface area contributed by atoms with Crippen LogP contribution in [0.1, 0.15) is 0 Å². The first-order valence-electron chi connectivity index (χ1n) is 9.89. The largest absolute Gasteiger partial charge is 0.378 e. The molecular weight excluding hydrogens is 380 g/mol. The van der Waals surface area contributed by atoms with Gasteiger partial charge in [-0.25, -0.2) is 9.97 Å². The summed E-state index contributed by atoms with van der Waals surface area (Å²) in [4.78, 5) is 11.4. The van der Waals surface area contributed by atoms with Gasteiger partial charge in [-0.3, -0.25) is 0 Å². The van der Waals surface area contributed by atoms with Gasteiger partial charge in [-0.1, -0.05) is 17.4 Å². The number of rotatable bonds is 5. The molecular formula is C21H22N8O. The number of hydrazine groups is 1. The summed E-state index contributed by atoms with van der Waals surface area (Å²) in [5.74, 6) is 0.552. The van der Waals surface area contributed by atoms with Crippen molar-refractivity contribution >= 4 is 23.0 Å². The Morgan fingerprint density at radius 2 is 1.83 bits per heavy atom. The summed E-state index contributed by atoms with van der Waals surface area (Å²) in [5.41, 5.74) is 7.97. The Morgan fingerprint density at radius 3 is 2.63 bits per heavy atom. The molecule has 0 atom stereocenters. The highest BCUT2D eigenvalue weighted by molar-refractivity contribution is 5.67. The smallest absolute Gasteiger partial charge is 0.227 e. The highest BCUT2D eigenvalue weighted by Crippen LogP contribution is 2.25. The van der Waals surface area contributed by atoms with Crippen LogP contribution >= 0.6 is 0 Å². The minimum Gasteiger partial charge on any atom is -0.378 e. The van der Waals surface area contributed by atoms with Crippen molar-refractivity contribution in [3.8, 4) is 11.3 Å². The van der Waals surface area contributed by atoms with Crippen LogP contribution in [0.2, 0.25) is 0 Å². The third-order valence-corrected chi connectivity index (χ3v) is 4.99. The van der Waals surface area contributed by atoms with Gasteiger partial charge in [0.15, 0.2) is 0 Å². The fourth-order valence-corrected chi connectivity index (χ4v) is 3.45. The zero-order valence-electron chi connectivity index (χ0n) is 16.4. The van der Waals surface area contributed by atoms with E-state index in [-0.39, 0.29) is 0 Å². The first-order valence-corrected chi connectivity index (χ1v) is 9.89. The molecule has 2 N–H and O–H groups in total. The molecule has 152 valence electrons. The molecule has 1 saturated heterocycles. The number of nitrogens with one attached hydrogen (secondary N) is 2. The maximum Gasteiger partial charge on any atom is 0.227 e. The van der Waals surface area contributed by atoms with Gasteiger partial charge in [0.1, 0.15) is 6.67 Å². The van der Waals surface area contributed by atoms with E-state index in [9.17, 15) is 0 Å². The van der Waals surface area contributed by atoms with Gasteiger partial charge in [0.05, 0.1) is 24.6 Å². The molecule has 0 spiro atoms. The SMILES string of the molecule is c1cc(-c2ccnc(Nc3ccc(N4N=NCN4)cc3)n2)cc(N2CCOCC2)c1. The maximum absolute atomic E-state index is 5.46. The lowest BCUT2D eigenvalue weighted by Gasteiger charge is -2.29. The molecule has 2 aliphatic rings. The minimum absolute atomic E-state index is 0.493. The third kappa shape index (κ3) is 4.07. The molecule has 1 fully saturated rings. The van der Waals surface area contributed by atoms with Gasteiger partial charge in [0.25, 0.3) is 0 Å². The number of hydrogen-bond donors (Lipinski definition) is 2. The first kappa shape index (κ1) is 18.5. The lowest BCUT2D eigenvalue weighted by molar-refractivity contribution is 0.122. The van der Waals surface area contributed by atoms with E-state index in [0.717, 1.165) is 48.9 Å². The van der Waals surface area contributed by atoms with Crippen molar-refractivity contribution in [3.05, 3.63) is 60.8 Å². The average molecular weight is 402 g/mol. The van der Waals surface area contributed by atoms with E-state index in [1.54, 1.807) is 11.3 Å². The van der Waals surface area contributed by atoms with E-state index in [1.807, 2.05) is 30.3 Å². The van der Waals surface area contributed by atoms with E-state index in [4.69, 9.17) is 9.72 Å². The predicted molar refractivity (Wildman–Crippen MR) is 116 cm³/mol. The molecule has 30 heavy (non-hydrogen) atoms. The molecule has 3 aromatic rings. The predicted octanol–water partition coefficient (Wildman–Crippen LogP) is 3.37. The molecule has 0 radical (unpaired) electrons. The molecule has 9 nitrogen and oxygen atoms in total. The van der Waals surface area contributed by atoms with Crippen LogP contribution in [0.25, 0.3) is 11.3 Å². The lowest BCUT2D eigenvalue weighted by atomic mass is 10.1. The molecule has 3 heterocycles. The fraction of sp³-hybridized carbons (Fsp3) is 0.238. The summed E-state index contributed by atoms with van der Waals surface area (Å²) >= 11 is 0. The van der Waals surface area contributed by atoms with Gasteiger partial charge < -0.3 is 15.0 Å². The summed E-state index contributed by atoms with van der Waals surface area (Å²) in [6.07, 6.45) is 1.77. The quantitative estimate of drug-likeness (QED) is 0.676. The zero-order chi connectivity index (χ0) is 20.2. The van der Waals surface area contributed by atoms with Crippen molar-refractivity contribution in [1.29, 1.82) is 0 Å².